The van der Waals surface area contributed by atoms with Gasteiger partial charge >= 0.3 is 5.97 Å². The molecule has 1 aliphatic carbocycles. The van der Waals surface area contributed by atoms with Crippen molar-refractivity contribution in [3.05, 3.63) is 76.9 Å². The molecule has 36 heavy (non-hydrogen) atoms. The number of hydrogen-bond acceptors (Lipinski definition) is 5. The molecule has 0 saturated heterocycles. The molecule has 1 amide bonds. The fourth-order valence-corrected chi connectivity index (χ4v) is 4.06. The molecule has 190 valence electrons. The largest absolute Gasteiger partial charge is 0.478 e. The molecule has 1 N–H and O–H groups in total. The molecule has 4 rings (SSSR count). The zero-order valence-corrected chi connectivity index (χ0v) is 26.9. The van der Waals surface area contributed by atoms with E-state index < -0.39 is 5.97 Å². The summed E-state index contributed by atoms with van der Waals surface area (Å²) >= 11 is 1.93. The number of nitrogens with zero attached hydrogens (tertiary/aromatic N) is 3. The number of carboxylic acid groups (broad SMARTS) is 1. The van der Waals surface area contributed by atoms with Crippen LogP contribution in [-0.4, -0.2) is 55.3 Å². The number of aliphatic imine (C=N–C) groups is 1. The standard InChI is InChI=1S/C26H24IN3O4.2HI/c1-29(2)16-6-9-19-22(12-16)34-23-13-17(30(3)4)7-10-20(23)25(19)18-8-5-15(28-24(31)14-27)11-21(18)26(32)33;;/h5-13H,14H2,1-4H3,(H,32,33);2*1H. The molecule has 0 spiro atoms. The van der Waals surface area contributed by atoms with E-state index in [0.29, 0.717) is 22.8 Å². The lowest BCUT2D eigenvalue weighted by Crippen LogP contribution is -2.15. The quantitative estimate of drug-likeness (QED) is 0.259. The van der Waals surface area contributed by atoms with Gasteiger partial charge in [-0.25, -0.2) is 9.79 Å². The number of fused-ring (bicyclic) bond motifs is 2. The minimum atomic E-state index is -1.09. The van der Waals surface area contributed by atoms with E-state index in [9.17, 15) is 14.7 Å². The molecule has 0 aromatic heterocycles. The van der Waals surface area contributed by atoms with Crippen LogP contribution in [0, 0.1) is 0 Å². The number of carboxylic acids is 1. The van der Waals surface area contributed by atoms with Gasteiger partial charge in [0.05, 0.1) is 15.7 Å². The van der Waals surface area contributed by atoms with E-state index in [1.165, 1.54) is 6.08 Å². The Bertz CT molecular complexity index is 1270. The number of aliphatic carboxylic acids is 1. The van der Waals surface area contributed by atoms with Gasteiger partial charge in [0.1, 0.15) is 11.5 Å². The van der Waals surface area contributed by atoms with Gasteiger partial charge in [0.25, 0.3) is 5.91 Å². The SMILES string of the molecule is CN(C)c1ccc2c(c1)Oc1cc(N(C)C)ccc1C2=C1C=CC(=NC(=O)CI)C=C1C(=O)O.I.I. The van der Waals surface area contributed by atoms with Crippen molar-refractivity contribution in [1.82, 2.24) is 0 Å². The highest BCUT2D eigenvalue weighted by Gasteiger charge is 2.29. The minimum Gasteiger partial charge on any atom is -0.478 e. The molecule has 2 aromatic rings. The van der Waals surface area contributed by atoms with Gasteiger partial charge in [0.15, 0.2) is 0 Å². The summed E-state index contributed by atoms with van der Waals surface area (Å²) in [4.78, 5) is 32.1. The number of benzene rings is 2. The molecule has 0 fully saturated rings. The highest BCUT2D eigenvalue weighted by atomic mass is 127. The molecule has 0 saturated carbocycles. The predicted octanol–water partition coefficient (Wildman–Crippen LogP) is 5.95. The van der Waals surface area contributed by atoms with Crippen LogP contribution in [0.4, 0.5) is 11.4 Å². The molecule has 2 aromatic carbocycles. The van der Waals surface area contributed by atoms with Crippen LogP contribution < -0.4 is 14.5 Å². The van der Waals surface area contributed by atoms with E-state index in [1.54, 1.807) is 12.2 Å². The number of hydrogen-bond donors (Lipinski definition) is 1. The summed E-state index contributed by atoms with van der Waals surface area (Å²) < 4.78 is 6.54. The molecule has 0 bridgehead atoms. The number of ether oxygens (including phenoxy) is 1. The summed E-state index contributed by atoms with van der Waals surface area (Å²) in [5.41, 5.74) is 5.22. The monoisotopic (exact) mass is 825 g/mol. The molecular weight excluding hydrogens is 799 g/mol. The van der Waals surface area contributed by atoms with Gasteiger partial charge in [-0.3, -0.25) is 4.79 Å². The van der Waals surface area contributed by atoms with Gasteiger partial charge in [-0.15, -0.1) is 48.0 Å². The number of anilines is 2. The molecule has 10 heteroatoms. The first kappa shape index (κ1) is 30.3. The van der Waals surface area contributed by atoms with Crippen molar-refractivity contribution in [2.24, 2.45) is 4.99 Å². The number of amides is 1. The van der Waals surface area contributed by atoms with E-state index >= 15 is 0 Å². The number of halogens is 3. The average Bonchev–Trinajstić information content (AvgIpc) is 2.81. The molecule has 0 unspecified atom stereocenters. The fourth-order valence-electron chi connectivity index (χ4n) is 3.88. The average molecular weight is 825 g/mol. The highest BCUT2D eigenvalue weighted by Crippen LogP contribution is 2.48. The van der Waals surface area contributed by atoms with Gasteiger partial charge in [0, 0.05) is 68.4 Å². The maximum Gasteiger partial charge on any atom is 0.336 e. The highest BCUT2D eigenvalue weighted by molar-refractivity contribution is 14.1. The number of carbonyl (C=O) groups is 2. The van der Waals surface area contributed by atoms with Crippen LogP contribution in [0.3, 0.4) is 0 Å². The minimum absolute atomic E-state index is 0. The van der Waals surface area contributed by atoms with Gasteiger partial charge in [-0.2, -0.15) is 0 Å². The summed E-state index contributed by atoms with van der Waals surface area (Å²) in [6.07, 6.45) is 4.85. The van der Waals surface area contributed by atoms with E-state index in [2.05, 4.69) is 4.99 Å². The van der Waals surface area contributed by atoms with Crippen molar-refractivity contribution in [2.45, 2.75) is 0 Å². The van der Waals surface area contributed by atoms with Crippen molar-refractivity contribution in [3.63, 3.8) is 0 Å². The van der Waals surface area contributed by atoms with Crippen molar-refractivity contribution in [1.29, 1.82) is 0 Å². The van der Waals surface area contributed by atoms with Crippen molar-refractivity contribution in [3.8, 4) is 11.5 Å². The van der Waals surface area contributed by atoms with E-state index in [0.717, 1.165) is 28.1 Å². The number of alkyl halides is 1. The molecule has 1 aliphatic heterocycles. The first-order chi connectivity index (χ1) is 16.2. The molecule has 0 radical (unpaired) electrons. The Balaban J connectivity index is 0.00000228. The van der Waals surface area contributed by atoms with Crippen molar-refractivity contribution in [2.75, 3.05) is 42.4 Å². The number of rotatable bonds is 4. The molecule has 7 nitrogen and oxygen atoms in total. The Morgan fingerprint density at radius 2 is 1.44 bits per heavy atom. The number of allylic oxidation sites excluding steroid dienone is 3. The van der Waals surface area contributed by atoms with Crippen LogP contribution in [0.15, 0.2) is 70.8 Å². The second-order valence-electron chi connectivity index (χ2n) is 8.30. The Kier molecular flexibility index (Phi) is 10.5. The predicted molar refractivity (Wildman–Crippen MR) is 175 cm³/mol. The molecule has 1 heterocycles. The lowest BCUT2D eigenvalue weighted by molar-refractivity contribution is -0.132. The van der Waals surface area contributed by atoms with Crippen LogP contribution >= 0.6 is 70.5 Å². The Morgan fingerprint density at radius 3 is 1.89 bits per heavy atom. The second-order valence-corrected chi connectivity index (χ2v) is 9.06. The molecule has 0 atom stereocenters. The van der Waals surface area contributed by atoms with Crippen LogP contribution in [-0.2, 0) is 9.59 Å². The Hall–Kier alpha value is -1.94. The zero-order valence-electron chi connectivity index (χ0n) is 20.1. The smallest absolute Gasteiger partial charge is 0.336 e. The van der Waals surface area contributed by atoms with Crippen LogP contribution in [0.2, 0.25) is 0 Å². The van der Waals surface area contributed by atoms with E-state index in [1.807, 2.05) is 97.0 Å². The zero-order chi connectivity index (χ0) is 24.6. The third kappa shape index (κ3) is 6.13. The van der Waals surface area contributed by atoms with Crippen molar-refractivity contribution < 1.29 is 19.4 Å². The Morgan fingerprint density at radius 1 is 0.917 bits per heavy atom. The molecule has 2 aliphatic rings. The van der Waals surface area contributed by atoms with E-state index in [4.69, 9.17) is 4.74 Å². The third-order valence-electron chi connectivity index (χ3n) is 5.59. The normalized spacial score (nSPS) is 14.5. The Labute approximate surface area is 258 Å². The number of carbonyl (C=O) groups excluding carboxylic acids is 1. The summed E-state index contributed by atoms with van der Waals surface area (Å²) in [7, 11) is 7.81. The molecular formula is C26H26I3N3O4. The maximum absolute atomic E-state index is 12.3. The first-order valence-electron chi connectivity index (χ1n) is 10.6. The van der Waals surface area contributed by atoms with Crippen LogP contribution in [0.25, 0.3) is 5.57 Å². The third-order valence-corrected chi connectivity index (χ3v) is 6.25. The van der Waals surface area contributed by atoms with Crippen LogP contribution in [0.1, 0.15) is 11.1 Å². The lowest BCUT2D eigenvalue weighted by atomic mass is 9.84. The van der Waals surface area contributed by atoms with Gasteiger partial charge in [-0.05, 0) is 42.0 Å². The van der Waals surface area contributed by atoms with Crippen LogP contribution in [0.5, 0.6) is 11.5 Å². The summed E-state index contributed by atoms with van der Waals surface area (Å²) in [6, 6.07) is 11.8. The first-order valence-corrected chi connectivity index (χ1v) is 12.1. The van der Waals surface area contributed by atoms with Gasteiger partial charge in [-0.1, -0.05) is 28.7 Å². The van der Waals surface area contributed by atoms with E-state index in [-0.39, 0.29) is 63.9 Å². The topological polar surface area (TPSA) is 82.4 Å². The maximum atomic E-state index is 12.3. The second kappa shape index (κ2) is 12.5. The summed E-state index contributed by atoms with van der Waals surface area (Å²) in [5, 5.41) is 10.1. The van der Waals surface area contributed by atoms with Gasteiger partial charge < -0.3 is 19.6 Å². The summed E-state index contributed by atoms with van der Waals surface area (Å²) in [5.74, 6) is -0.109. The van der Waals surface area contributed by atoms with Gasteiger partial charge in [0.2, 0.25) is 0 Å². The lowest BCUT2D eigenvalue weighted by Gasteiger charge is -2.28. The summed E-state index contributed by atoms with van der Waals surface area (Å²) in [6.45, 7) is 0. The fraction of sp³-hybridized carbons (Fsp3) is 0.192. The van der Waals surface area contributed by atoms with Crippen molar-refractivity contribution >= 4 is 105 Å².